The molecule has 404 valence electrons. The summed E-state index contributed by atoms with van der Waals surface area (Å²) >= 11 is 0. The third-order valence-electron chi connectivity index (χ3n) is 13.2. The fraction of sp³-hybridized carbons (Fsp3) is 0.754. The maximum absolute atomic E-state index is 13.0. The van der Waals surface area contributed by atoms with Crippen molar-refractivity contribution in [3.8, 4) is 0 Å². The number of hydrogen-bond donors (Lipinski definition) is 6. The van der Waals surface area contributed by atoms with Crippen LogP contribution in [0.2, 0.25) is 0 Å². The normalized spacial score (nSPS) is 20.0. The second-order valence-corrected chi connectivity index (χ2v) is 19.7. The molecule has 9 nitrogen and oxygen atoms in total. The predicted octanol–water partition coefficient (Wildman–Crippen LogP) is 14.2. The summed E-state index contributed by atoms with van der Waals surface area (Å²) in [6.07, 6.45) is 63.9. The fourth-order valence-corrected chi connectivity index (χ4v) is 8.64. The first-order valence-corrected chi connectivity index (χ1v) is 28.8. The Bertz CT molecular complexity index is 1370. The Morgan fingerprint density at radius 3 is 1.37 bits per heavy atom. The lowest BCUT2D eigenvalue weighted by molar-refractivity contribution is -0.302. The highest BCUT2D eigenvalue weighted by atomic mass is 16.7. The van der Waals surface area contributed by atoms with Gasteiger partial charge in [-0.25, -0.2) is 0 Å². The lowest BCUT2D eigenvalue weighted by Crippen LogP contribution is -2.60. The number of carbonyl (C=O) groups is 1. The molecule has 1 rings (SSSR count). The van der Waals surface area contributed by atoms with Crippen LogP contribution in [0, 0.1) is 0 Å². The average molecular weight is 983 g/mol. The molecular weight excluding hydrogens is 875 g/mol. The maximum atomic E-state index is 13.0. The SMILES string of the molecule is CC/C=C\C/C=C\C/C=C\C/C=C\CCCCCCCCCCCCCCCCCCCCCCCCC(=O)NC(COC1OC(CO)C(O)C(O)C1O)C(O)/C=C/CC/C=C/CC/C=C/CCCC. The number of hydrogen-bond acceptors (Lipinski definition) is 8. The maximum Gasteiger partial charge on any atom is 0.220 e. The summed E-state index contributed by atoms with van der Waals surface area (Å²) in [6, 6.07) is -0.829. The van der Waals surface area contributed by atoms with E-state index < -0.39 is 49.5 Å². The van der Waals surface area contributed by atoms with Crippen LogP contribution in [0.25, 0.3) is 0 Å². The Morgan fingerprint density at radius 2 is 0.900 bits per heavy atom. The Kier molecular flexibility index (Phi) is 46.6. The van der Waals surface area contributed by atoms with Gasteiger partial charge in [0, 0.05) is 6.42 Å². The number of allylic oxidation sites excluding steroid dienone is 13. The van der Waals surface area contributed by atoms with Gasteiger partial charge in [0.2, 0.25) is 5.91 Å². The highest BCUT2D eigenvalue weighted by molar-refractivity contribution is 5.76. The average Bonchev–Trinajstić information content (AvgIpc) is 3.36. The van der Waals surface area contributed by atoms with Gasteiger partial charge in [-0.1, -0.05) is 240 Å². The van der Waals surface area contributed by atoms with Crippen molar-refractivity contribution in [2.75, 3.05) is 13.2 Å². The summed E-state index contributed by atoms with van der Waals surface area (Å²) in [6.45, 7) is 3.59. The molecule has 70 heavy (non-hydrogen) atoms. The molecule has 7 atom stereocenters. The molecule has 1 saturated heterocycles. The van der Waals surface area contributed by atoms with Gasteiger partial charge < -0.3 is 40.3 Å². The van der Waals surface area contributed by atoms with Crippen LogP contribution in [-0.4, -0.2) is 87.5 Å². The number of aliphatic hydroxyl groups is 5. The van der Waals surface area contributed by atoms with Gasteiger partial charge in [-0.2, -0.15) is 0 Å². The molecule has 0 aromatic heterocycles. The molecule has 0 aliphatic carbocycles. The molecular formula is C61H107NO8. The standard InChI is InChI=1S/C61H107NO8/c1-3-5-7-9-11-13-15-17-18-19-20-21-22-23-24-25-26-27-28-29-30-31-32-33-34-35-36-37-38-39-41-43-45-47-49-51-57(65)62-54(53-69-61-60(68)59(67)58(66)56(52-63)70-61)55(64)50-48-46-44-42-40-16-14-12-10-8-6-4-2/h5,7,10-13,17-18,20-21,40,42,48,50,54-56,58-61,63-64,66-68H,3-4,6,8-9,14-16,19,22-39,41,43-47,49,51-53H2,1-2H3,(H,62,65)/b7-5-,12-10+,13-11-,18-17-,21-20-,42-40+,50-48+. The van der Waals surface area contributed by atoms with Crippen LogP contribution >= 0.6 is 0 Å². The molecule has 9 heteroatoms. The van der Waals surface area contributed by atoms with E-state index in [1.54, 1.807) is 6.08 Å². The van der Waals surface area contributed by atoms with E-state index in [0.29, 0.717) is 6.42 Å². The van der Waals surface area contributed by atoms with Crippen LogP contribution in [0.15, 0.2) is 85.1 Å². The quantitative estimate of drug-likeness (QED) is 0.0261. The molecule has 7 unspecified atom stereocenters. The number of unbranched alkanes of at least 4 members (excludes halogenated alkanes) is 26. The van der Waals surface area contributed by atoms with Crippen molar-refractivity contribution >= 4 is 5.91 Å². The second kappa shape index (κ2) is 49.9. The molecule has 1 aliphatic rings. The molecule has 1 fully saturated rings. The van der Waals surface area contributed by atoms with Gasteiger partial charge in [0.05, 0.1) is 25.4 Å². The molecule has 1 aliphatic heterocycles. The first-order valence-electron chi connectivity index (χ1n) is 28.8. The molecule has 0 spiro atoms. The molecule has 0 bridgehead atoms. The smallest absolute Gasteiger partial charge is 0.220 e. The first-order chi connectivity index (χ1) is 34.3. The topological polar surface area (TPSA) is 149 Å². The number of rotatable bonds is 48. The van der Waals surface area contributed by atoms with Crippen LogP contribution in [0.4, 0.5) is 0 Å². The summed E-state index contributed by atoms with van der Waals surface area (Å²) in [4.78, 5) is 13.0. The predicted molar refractivity (Wildman–Crippen MR) is 295 cm³/mol. The Morgan fingerprint density at radius 1 is 0.500 bits per heavy atom. The Hall–Kier alpha value is -2.63. The molecule has 0 aromatic carbocycles. The van der Waals surface area contributed by atoms with Crippen molar-refractivity contribution in [3.05, 3.63) is 85.1 Å². The van der Waals surface area contributed by atoms with Crippen molar-refractivity contribution in [3.63, 3.8) is 0 Å². The summed E-state index contributed by atoms with van der Waals surface area (Å²) in [5.41, 5.74) is 0. The summed E-state index contributed by atoms with van der Waals surface area (Å²) < 4.78 is 11.2. The van der Waals surface area contributed by atoms with E-state index in [2.05, 4.69) is 92.1 Å². The monoisotopic (exact) mass is 982 g/mol. The van der Waals surface area contributed by atoms with E-state index in [9.17, 15) is 30.3 Å². The van der Waals surface area contributed by atoms with Gasteiger partial charge in [0.15, 0.2) is 6.29 Å². The van der Waals surface area contributed by atoms with Crippen LogP contribution < -0.4 is 5.32 Å². The van der Waals surface area contributed by atoms with Gasteiger partial charge in [0.1, 0.15) is 24.4 Å². The summed E-state index contributed by atoms with van der Waals surface area (Å²) in [5.74, 6) is -0.192. The second-order valence-electron chi connectivity index (χ2n) is 19.7. The van der Waals surface area contributed by atoms with Crippen molar-refractivity contribution in [1.82, 2.24) is 5.32 Å². The van der Waals surface area contributed by atoms with Gasteiger partial charge >= 0.3 is 0 Å². The zero-order valence-electron chi connectivity index (χ0n) is 44.7. The van der Waals surface area contributed by atoms with Gasteiger partial charge in [-0.05, 0) is 77.0 Å². The largest absolute Gasteiger partial charge is 0.394 e. The van der Waals surface area contributed by atoms with Crippen molar-refractivity contribution in [2.45, 2.75) is 281 Å². The lowest BCUT2D eigenvalue weighted by Gasteiger charge is -2.40. The van der Waals surface area contributed by atoms with Crippen LogP contribution in [0.3, 0.4) is 0 Å². The highest BCUT2D eigenvalue weighted by Gasteiger charge is 2.44. The molecule has 0 aromatic rings. The minimum atomic E-state index is -1.58. The summed E-state index contributed by atoms with van der Waals surface area (Å²) in [7, 11) is 0. The minimum Gasteiger partial charge on any atom is -0.394 e. The number of amides is 1. The Balaban J connectivity index is 2.09. The Labute approximate surface area is 429 Å². The van der Waals surface area contributed by atoms with Gasteiger partial charge in [-0.3, -0.25) is 4.79 Å². The van der Waals surface area contributed by atoms with E-state index in [0.717, 1.165) is 77.0 Å². The van der Waals surface area contributed by atoms with Crippen LogP contribution in [0.5, 0.6) is 0 Å². The molecule has 0 radical (unpaired) electrons. The van der Waals surface area contributed by atoms with E-state index in [1.165, 1.54) is 141 Å². The molecule has 6 N–H and O–H groups in total. The number of aliphatic hydroxyl groups excluding tert-OH is 5. The lowest BCUT2D eigenvalue weighted by atomic mass is 9.99. The minimum absolute atomic E-state index is 0.192. The molecule has 1 heterocycles. The van der Waals surface area contributed by atoms with Crippen molar-refractivity contribution < 1.29 is 39.8 Å². The van der Waals surface area contributed by atoms with E-state index in [4.69, 9.17) is 9.47 Å². The molecule has 1 amide bonds. The number of nitrogens with one attached hydrogen (secondary N) is 1. The van der Waals surface area contributed by atoms with Crippen molar-refractivity contribution in [1.29, 1.82) is 0 Å². The van der Waals surface area contributed by atoms with E-state index in [1.807, 2.05) is 6.08 Å². The van der Waals surface area contributed by atoms with Crippen molar-refractivity contribution in [2.24, 2.45) is 0 Å². The van der Waals surface area contributed by atoms with Crippen LogP contribution in [-0.2, 0) is 14.3 Å². The first kappa shape index (κ1) is 65.4. The van der Waals surface area contributed by atoms with Gasteiger partial charge in [0.25, 0.3) is 0 Å². The summed E-state index contributed by atoms with van der Waals surface area (Å²) in [5, 5.41) is 54.3. The highest BCUT2D eigenvalue weighted by Crippen LogP contribution is 2.23. The zero-order chi connectivity index (χ0) is 50.8. The van der Waals surface area contributed by atoms with E-state index in [-0.39, 0.29) is 12.5 Å². The van der Waals surface area contributed by atoms with Gasteiger partial charge in [-0.15, -0.1) is 0 Å². The number of ether oxygens (including phenoxy) is 2. The third-order valence-corrected chi connectivity index (χ3v) is 13.2. The van der Waals surface area contributed by atoms with Crippen LogP contribution in [0.1, 0.15) is 239 Å². The number of carbonyl (C=O) groups excluding carboxylic acids is 1. The molecule has 0 saturated carbocycles. The fourth-order valence-electron chi connectivity index (χ4n) is 8.64. The van der Waals surface area contributed by atoms with E-state index >= 15 is 0 Å². The zero-order valence-corrected chi connectivity index (χ0v) is 44.7. The third kappa shape index (κ3) is 39.0.